The van der Waals surface area contributed by atoms with E-state index >= 15 is 0 Å². The molecular weight excluding hydrogens is 298 g/mol. The van der Waals surface area contributed by atoms with Gasteiger partial charge < -0.3 is 15.2 Å². The number of ether oxygens (including phenoxy) is 1. The standard InChI is InChI=1S/C13H18BrNO3/c1-9-3-4-10(7-12(9)16)13(17)15-11(5-6-14)8-18-2/h3-4,7,11,16H,5-6,8H2,1-2H3,(H,15,17). The van der Waals surface area contributed by atoms with Crippen LogP contribution in [0, 0.1) is 6.92 Å². The van der Waals surface area contributed by atoms with Crippen LogP contribution < -0.4 is 5.32 Å². The second kappa shape index (κ2) is 7.38. The lowest BCUT2D eigenvalue weighted by atomic mass is 10.1. The number of halogens is 1. The third kappa shape index (κ3) is 4.31. The number of aromatic hydroxyl groups is 1. The van der Waals surface area contributed by atoms with E-state index in [1.54, 1.807) is 26.2 Å². The number of benzene rings is 1. The van der Waals surface area contributed by atoms with Gasteiger partial charge in [0.25, 0.3) is 5.91 Å². The van der Waals surface area contributed by atoms with Gasteiger partial charge in [0.2, 0.25) is 0 Å². The number of alkyl halides is 1. The van der Waals surface area contributed by atoms with Crippen LogP contribution >= 0.6 is 15.9 Å². The highest BCUT2D eigenvalue weighted by Gasteiger charge is 2.13. The molecule has 0 aromatic heterocycles. The molecule has 5 heteroatoms. The molecule has 4 nitrogen and oxygen atoms in total. The first-order valence-electron chi connectivity index (χ1n) is 5.74. The fourth-order valence-electron chi connectivity index (χ4n) is 1.55. The summed E-state index contributed by atoms with van der Waals surface area (Å²) in [5.74, 6) is -0.0697. The lowest BCUT2D eigenvalue weighted by Gasteiger charge is -2.17. The molecule has 0 heterocycles. The number of hydrogen-bond donors (Lipinski definition) is 2. The van der Waals surface area contributed by atoms with Gasteiger partial charge in [-0.3, -0.25) is 4.79 Å². The van der Waals surface area contributed by atoms with Crippen LogP contribution in [0.4, 0.5) is 0 Å². The summed E-state index contributed by atoms with van der Waals surface area (Å²) in [6.45, 7) is 2.25. The van der Waals surface area contributed by atoms with Gasteiger partial charge in [-0.15, -0.1) is 0 Å². The van der Waals surface area contributed by atoms with Crippen molar-refractivity contribution in [3.63, 3.8) is 0 Å². The molecule has 0 aliphatic carbocycles. The first-order chi connectivity index (χ1) is 8.58. The molecule has 1 aromatic rings. The fourth-order valence-corrected chi connectivity index (χ4v) is 2.10. The molecule has 1 atom stereocenters. The summed E-state index contributed by atoms with van der Waals surface area (Å²) in [6.07, 6.45) is 0.789. The zero-order valence-corrected chi connectivity index (χ0v) is 12.2. The van der Waals surface area contributed by atoms with Gasteiger partial charge in [0.05, 0.1) is 12.6 Å². The van der Waals surface area contributed by atoms with Crippen molar-refractivity contribution in [3.05, 3.63) is 29.3 Å². The van der Waals surface area contributed by atoms with Crippen LogP contribution in [0.3, 0.4) is 0 Å². The Bertz CT molecular complexity index is 403. The Morgan fingerprint density at radius 1 is 1.56 bits per heavy atom. The van der Waals surface area contributed by atoms with Gasteiger partial charge in [0, 0.05) is 18.0 Å². The Hall–Kier alpha value is -1.07. The van der Waals surface area contributed by atoms with Crippen molar-refractivity contribution in [2.45, 2.75) is 19.4 Å². The van der Waals surface area contributed by atoms with Crippen LogP contribution in [0.2, 0.25) is 0 Å². The predicted molar refractivity (Wildman–Crippen MR) is 74.4 cm³/mol. The summed E-state index contributed by atoms with van der Waals surface area (Å²) >= 11 is 3.34. The minimum atomic E-state index is -0.201. The highest BCUT2D eigenvalue weighted by molar-refractivity contribution is 9.09. The lowest BCUT2D eigenvalue weighted by molar-refractivity contribution is 0.0895. The van der Waals surface area contributed by atoms with Crippen LogP contribution in [0.25, 0.3) is 0 Å². The van der Waals surface area contributed by atoms with Gasteiger partial charge in [-0.25, -0.2) is 0 Å². The van der Waals surface area contributed by atoms with Gasteiger partial charge in [-0.05, 0) is 31.0 Å². The van der Waals surface area contributed by atoms with E-state index in [4.69, 9.17) is 4.74 Å². The predicted octanol–water partition coefficient (Wildman–Crippen LogP) is 2.23. The lowest BCUT2D eigenvalue weighted by Crippen LogP contribution is -2.38. The topological polar surface area (TPSA) is 58.6 Å². The second-order valence-corrected chi connectivity index (χ2v) is 4.90. The molecule has 1 aromatic carbocycles. The number of nitrogens with one attached hydrogen (secondary N) is 1. The summed E-state index contributed by atoms with van der Waals surface area (Å²) in [5.41, 5.74) is 1.20. The average molecular weight is 316 g/mol. The van der Waals surface area contributed by atoms with Crippen LogP contribution in [0.5, 0.6) is 5.75 Å². The van der Waals surface area contributed by atoms with Crippen molar-refractivity contribution >= 4 is 21.8 Å². The first kappa shape index (κ1) is 15.0. The molecule has 18 heavy (non-hydrogen) atoms. The zero-order valence-electron chi connectivity index (χ0n) is 10.6. The Labute approximate surface area is 115 Å². The smallest absolute Gasteiger partial charge is 0.251 e. The van der Waals surface area contributed by atoms with Gasteiger partial charge in [0.15, 0.2) is 0 Å². The van der Waals surface area contributed by atoms with E-state index in [9.17, 15) is 9.90 Å². The molecule has 100 valence electrons. The summed E-state index contributed by atoms with van der Waals surface area (Å²) in [6, 6.07) is 4.86. The molecule has 1 unspecified atom stereocenters. The maximum absolute atomic E-state index is 12.0. The molecule has 0 aliphatic heterocycles. The summed E-state index contributed by atoms with van der Waals surface area (Å²) in [4.78, 5) is 12.0. The molecule has 2 N–H and O–H groups in total. The van der Waals surface area contributed by atoms with E-state index < -0.39 is 0 Å². The van der Waals surface area contributed by atoms with E-state index in [-0.39, 0.29) is 17.7 Å². The summed E-state index contributed by atoms with van der Waals surface area (Å²) in [5, 5.41) is 13.2. The van der Waals surface area contributed by atoms with Crippen LogP contribution in [-0.2, 0) is 4.74 Å². The zero-order chi connectivity index (χ0) is 13.5. The number of phenolic OH excluding ortho intramolecular Hbond substituents is 1. The molecule has 0 saturated heterocycles. The molecule has 1 amide bonds. The monoisotopic (exact) mass is 315 g/mol. The third-order valence-electron chi connectivity index (χ3n) is 2.63. The number of amides is 1. The van der Waals surface area contributed by atoms with Crippen molar-refractivity contribution in [3.8, 4) is 5.75 Å². The van der Waals surface area contributed by atoms with Gasteiger partial charge >= 0.3 is 0 Å². The number of rotatable bonds is 6. The molecule has 0 saturated carbocycles. The maximum atomic E-state index is 12.0. The van der Waals surface area contributed by atoms with E-state index in [1.165, 1.54) is 6.07 Å². The quantitative estimate of drug-likeness (QED) is 0.791. The SMILES string of the molecule is COCC(CCBr)NC(=O)c1ccc(C)c(O)c1. The number of aryl methyl sites for hydroxylation is 1. The van der Waals surface area contributed by atoms with E-state index in [0.717, 1.165) is 17.3 Å². The first-order valence-corrected chi connectivity index (χ1v) is 6.86. The maximum Gasteiger partial charge on any atom is 0.251 e. The number of phenols is 1. The molecule has 0 spiro atoms. The number of methoxy groups -OCH3 is 1. The van der Waals surface area contributed by atoms with Gasteiger partial charge in [-0.1, -0.05) is 22.0 Å². The average Bonchev–Trinajstić information content (AvgIpc) is 2.33. The minimum Gasteiger partial charge on any atom is -0.508 e. The van der Waals surface area contributed by atoms with Crippen molar-refractivity contribution in [2.24, 2.45) is 0 Å². The number of carbonyl (C=O) groups is 1. The highest BCUT2D eigenvalue weighted by Crippen LogP contribution is 2.17. The largest absolute Gasteiger partial charge is 0.508 e. The molecule has 0 radical (unpaired) electrons. The Balaban J connectivity index is 2.70. The van der Waals surface area contributed by atoms with Crippen molar-refractivity contribution in [1.82, 2.24) is 5.32 Å². The highest BCUT2D eigenvalue weighted by atomic mass is 79.9. The van der Waals surface area contributed by atoms with Crippen molar-refractivity contribution < 1.29 is 14.6 Å². The van der Waals surface area contributed by atoms with Crippen LogP contribution in [0.1, 0.15) is 22.3 Å². The van der Waals surface area contributed by atoms with E-state index in [0.29, 0.717) is 12.2 Å². The fraction of sp³-hybridized carbons (Fsp3) is 0.462. The van der Waals surface area contributed by atoms with E-state index in [1.807, 2.05) is 0 Å². The molecule has 1 rings (SSSR count). The molecule has 0 bridgehead atoms. The Kier molecular flexibility index (Phi) is 6.15. The number of carbonyl (C=O) groups excluding carboxylic acids is 1. The normalized spacial score (nSPS) is 12.2. The van der Waals surface area contributed by atoms with Gasteiger partial charge in [-0.2, -0.15) is 0 Å². The molecule has 0 aliphatic rings. The summed E-state index contributed by atoms with van der Waals surface area (Å²) in [7, 11) is 1.60. The molecule has 0 fully saturated rings. The molecular formula is C13H18BrNO3. The van der Waals surface area contributed by atoms with Crippen LogP contribution in [0.15, 0.2) is 18.2 Å². The Morgan fingerprint density at radius 2 is 2.28 bits per heavy atom. The van der Waals surface area contributed by atoms with Crippen LogP contribution in [-0.4, -0.2) is 36.1 Å². The Morgan fingerprint density at radius 3 is 2.83 bits per heavy atom. The summed E-state index contributed by atoms with van der Waals surface area (Å²) < 4.78 is 5.05. The number of hydrogen-bond acceptors (Lipinski definition) is 3. The van der Waals surface area contributed by atoms with Crippen molar-refractivity contribution in [2.75, 3.05) is 19.0 Å². The third-order valence-corrected chi connectivity index (χ3v) is 3.09. The minimum absolute atomic E-state index is 0.0367. The van der Waals surface area contributed by atoms with Gasteiger partial charge in [0.1, 0.15) is 5.75 Å². The van der Waals surface area contributed by atoms with E-state index in [2.05, 4.69) is 21.2 Å². The second-order valence-electron chi connectivity index (χ2n) is 4.10. The van der Waals surface area contributed by atoms with Crippen molar-refractivity contribution in [1.29, 1.82) is 0 Å².